The van der Waals surface area contributed by atoms with Crippen molar-refractivity contribution in [2.45, 2.75) is 0 Å². The van der Waals surface area contributed by atoms with Gasteiger partial charge in [0.2, 0.25) is 11.5 Å². The van der Waals surface area contributed by atoms with Crippen LogP contribution < -0.4 is 5.32 Å². The summed E-state index contributed by atoms with van der Waals surface area (Å²) in [5, 5.41) is 23.6. The van der Waals surface area contributed by atoms with Crippen LogP contribution >= 0.6 is 23.2 Å². The number of nitrogens with zero attached hydrogens (tertiary/aromatic N) is 2. The van der Waals surface area contributed by atoms with Crippen LogP contribution in [-0.2, 0) is 4.79 Å². The van der Waals surface area contributed by atoms with Gasteiger partial charge in [-0.05, 0) is 6.07 Å². The summed E-state index contributed by atoms with van der Waals surface area (Å²) >= 11 is 11.4. The lowest BCUT2D eigenvalue weighted by molar-refractivity contribution is -0.383. The van der Waals surface area contributed by atoms with Gasteiger partial charge in [-0.25, -0.2) is 0 Å². The second-order valence-electron chi connectivity index (χ2n) is 3.43. The summed E-state index contributed by atoms with van der Waals surface area (Å²) in [7, 11) is 0. The van der Waals surface area contributed by atoms with Gasteiger partial charge in [0.15, 0.2) is 0 Å². The van der Waals surface area contributed by atoms with Gasteiger partial charge in [-0.15, -0.1) is 0 Å². The monoisotopic (exact) mass is 303 g/mol. The van der Waals surface area contributed by atoms with Crippen LogP contribution in [0.3, 0.4) is 0 Å². The van der Waals surface area contributed by atoms with Crippen LogP contribution in [0.4, 0.5) is 11.4 Å². The van der Waals surface area contributed by atoms with Crippen molar-refractivity contribution in [2.24, 2.45) is 5.16 Å². The second-order valence-corrected chi connectivity index (χ2v) is 4.24. The molecular formula is C9H3Cl2N3O5. The summed E-state index contributed by atoms with van der Waals surface area (Å²) in [6.45, 7) is 0. The molecule has 2 N–H and O–H groups in total. The molecule has 1 aromatic rings. The molecular weight excluding hydrogens is 301 g/mol. The molecule has 0 saturated carbocycles. The maximum atomic E-state index is 11.9. The Balaban J connectivity index is 2.84. The number of hydrogen-bond acceptors (Lipinski definition) is 6. The lowest BCUT2D eigenvalue weighted by Crippen LogP contribution is -2.36. The summed E-state index contributed by atoms with van der Waals surface area (Å²) in [6, 6.07) is 1.00. The summed E-state index contributed by atoms with van der Waals surface area (Å²) in [4.78, 5) is 33.4. The zero-order valence-corrected chi connectivity index (χ0v) is 10.3. The number of fused-ring (bicyclic) bond motifs is 1. The zero-order valence-electron chi connectivity index (χ0n) is 8.81. The number of oxime groups is 1. The van der Waals surface area contributed by atoms with Crippen molar-refractivity contribution in [1.29, 1.82) is 0 Å². The third kappa shape index (κ3) is 1.90. The molecule has 0 atom stereocenters. The number of carbonyl (C=O) groups excluding carboxylic acids is 2. The first-order valence-electron chi connectivity index (χ1n) is 4.63. The van der Waals surface area contributed by atoms with Crippen LogP contribution in [0.1, 0.15) is 10.4 Å². The Morgan fingerprint density at radius 3 is 2.47 bits per heavy atom. The van der Waals surface area contributed by atoms with E-state index in [4.69, 9.17) is 28.4 Å². The zero-order chi connectivity index (χ0) is 14.3. The van der Waals surface area contributed by atoms with E-state index in [1.54, 1.807) is 0 Å². The average molecular weight is 304 g/mol. The lowest BCUT2D eigenvalue weighted by atomic mass is 9.98. The molecule has 1 amide bonds. The van der Waals surface area contributed by atoms with Crippen LogP contribution in [0.5, 0.6) is 0 Å². The van der Waals surface area contributed by atoms with E-state index in [2.05, 4.69) is 10.5 Å². The number of carbonyl (C=O) groups is 2. The van der Waals surface area contributed by atoms with Crippen molar-refractivity contribution in [3.05, 3.63) is 31.8 Å². The molecule has 10 heteroatoms. The number of halogens is 2. The number of anilines is 1. The fourth-order valence-electron chi connectivity index (χ4n) is 1.62. The molecule has 0 aliphatic carbocycles. The van der Waals surface area contributed by atoms with E-state index in [0.717, 1.165) is 6.07 Å². The molecule has 0 unspecified atom stereocenters. The molecule has 2 rings (SSSR count). The Kier molecular flexibility index (Phi) is 3.13. The number of benzene rings is 1. The van der Waals surface area contributed by atoms with Crippen molar-refractivity contribution in [3.8, 4) is 0 Å². The van der Waals surface area contributed by atoms with E-state index in [1.807, 2.05) is 0 Å². The SMILES string of the molecule is O=C1Nc2c(c(Cl)cc(Cl)c2[N+](=O)[O-])C(=O)C1=NO. The minimum atomic E-state index is -1.08. The molecule has 0 radical (unpaired) electrons. The normalized spacial score (nSPS) is 16.2. The fourth-order valence-corrected chi connectivity index (χ4v) is 2.23. The van der Waals surface area contributed by atoms with Crippen LogP contribution in [0.15, 0.2) is 11.2 Å². The van der Waals surface area contributed by atoms with Crippen molar-refractivity contribution in [2.75, 3.05) is 5.32 Å². The average Bonchev–Trinajstić information content (AvgIpc) is 2.27. The van der Waals surface area contributed by atoms with Crippen molar-refractivity contribution in [1.82, 2.24) is 0 Å². The second kappa shape index (κ2) is 4.48. The number of amides is 1. The first-order chi connectivity index (χ1) is 8.88. The fraction of sp³-hybridized carbons (Fsp3) is 0. The van der Waals surface area contributed by atoms with E-state index in [0.29, 0.717) is 0 Å². The number of hydrogen-bond donors (Lipinski definition) is 2. The molecule has 1 aliphatic heterocycles. The third-order valence-electron chi connectivity index (χ3n) is 2.38. The maximum Gasteiger partial charge on any atom is 0.312 e. The first-order valence-corrected chi connectivity index (χ1v) is 5.38. The Morgan fingerprint density at radius 1 is 1.32 bits per heavy atom. The Labute approximate surface area is 114 Å². The van der Waals surface area contributed by atoms with Gasteiger partial charge in [0.1, 0.15) is 10.7 Å². The van der Waals surface area contributed by atoms with E-state index in [9.17, 15) is 19.7 Å². The number of nitrogens with one attached hydrogen (secondary N) is 1. The number of ketones is 1. The molecule has 8 nitrogen and oxygen atoms in total. The highest BCUT2D eigenvalue weighted by atomic mass is 35.5. The number of nitro groups is 1. The molecule has 19 heavy (non-hydrogen) atoms. The van der Waals surface area contributed by atoms with E-state index < -0.39 is 33.7 Å². The molecule has 1 aliphatic rings. The standard InChI is InChI=1S/C9H3Cl2N3O5/c10-2-1-3(11)7(14(18)19)5-4(2)8(15)6(13-17)9(16)12-5/h1,17H,(H,12,16). The summed E-state index contributed by atoms with van der Waals surface area (Å²) in [5.74, 6) is -2.10. The predicted octanol–water partition coefficient (Wildman–Crippen LogP) is 1.87. The summed E-state index contributed by atoms with van der Waals surface area (Å²) in [6.07, 6.45) is 0. The van der Waals surface area contributed by atoms with Crippen LogP contribution in [0.2, 0.25) is 10.0 Å². The topological polar surface area (TPSA) is 122 Å². The number of nitro benzene ring substituents is 1. The van der Waals surface area contributed by atoms with Gasteiger partial charge in [0, 0.05) is 0 Å². The molecule has 0 saturated heterocycles. The molecule has 0 fully saturated rings. The van der Waals surface area contributed by atoms with Gasteiger partial charge >= 0.3 is 5.69 Å². The van der Waals surface area contributed by atoms with E-state index in [1.165, 1.54) is 0 Å². The van der Waals surface area contributed by atoms with Gasteiger partial charge in [-0.1, -0.05) is 28.4 Å². The van der Waals surface area contributed by atoms with Gasteiger partial charge < -0.3 is 10.5 Å². The maximum absolute atomic E-state index is 11.9. The highest BCUT2D eigenvalue weighted by molar-refractivity contribution is 6.73. The Bertz CT molecular complexity index is 670. The molecule has 0 aromatic heterocycles. The quantitative estimate of drug-likeness (QED) is 0.466. The molecule has 0 spiro atoms. The van der Waals surface area contributed by atoms with Crippen molar-refractivity contribution >= 4 is 52.0 Å². The molecule has 0 bridgehead atoms. The van der Waals surface area contributed by atoms with E-state index >= 15 is 0 Å². The Morgan fingerprint density at radius 2 is 1.95 bits per heavy atom. The smallest absolute Gasteiger partial charge is 0.312 e. The summed E-state index contributed by atoms with van der Waals surface area (Å²) in [5.41, 5.74) is -2.22. The van der Waals surface area contributed by atoms with Crippen molar-refractivity contribution in [3.63, 3.8) is 0 Å². The van der Waals surface area contributed by atoms with E-state index in [-0.39, 0.29) is 15.6 Å². The van der Waals surface area contributed by atoms with Crippen LogP contribution in [0, 0.1) is 10.1 Å². The third-order valence-corrected chi connectivity index (χ3v) is 2.97. The number of Topliss-reactive ketones (excluding diaryl/α,β-unsaturated/α-hetero) is 1. The Hall–Kier alpha value is -2.19. The number of rotatable bonds is 1. The van der Waals surface area contributed by atoms with Gasteiger partial charge in [0.25, 0.3) is 5.91 Å². The predicted molar refractivity (Wildman–Crippen MR) is 65.3 cm³/mol. The molecule has 98 valence electrons. The highest BCUT2D eigenvalue weighted by Gasteiger charge is 2.38. The first kappa shape index (κ1) is 13.2. The van der Waals surface area contributed by atoms with Crippen molar-refractivity contribution < 1.29 is 19.7 Å². The van der Waals surface area contributed by atoms with Gasteiger partial charge in [-0.2, -0.15) is 0 Å². The largest absolute Gasteiger partial charge is 0.410 e. The molecule has 1 heterocycles. The van der Waals surface area contributed by atoms with Crippen LogP contribution in [0.25, 0.3) is 0 Å². The highest BCUT2D eigenvalue weighted by Crippen LogP contribution is 2.41. The minimum absolute atomic E-state index is 0.197. The van der Waals surface area contributed by atoms with Gasteiger partial charge in [-0.3, -0.25) is 19.7 Å². The lowest BCUT2D eigenvalue weighted by Gasteiger charge is -2.17. The van der Waals surface area contributed by atoms with Gasteiger partial charge in [0.05, 0.1) is 15.5 Å². The summed E-state index contributed by atoms with van der Waals surface area (Å²) < 4.78 is 0. The molecule has 1 aromatic carbocycles. The van der Waals surface area contributed by atoms with Crippen LogP contribution in [-0.4, -0.2) is 27.5 Å². The minimum Gasteiger partial charge on any atom is -0.410 e.